The number of amides is 4. The molecule has 0 aromatic heterocycles. The summed E-state index contributed by atoms with van der Waals surface area (Å²) in [6.07, 6.45) is 6.63. The van der Waals surface area contributed by atoms with Crippen molar-refractivity contribution in [3.05, 3.63) is 101 Å². The molecule has 2 aliphatic rings. The second-order valence-corrected chi connectivity index (χ2v) is 7.68. The number of piperazine rings is 2. The van der Waals surface area contributed by atoms with E-state index in [9.17, 15) is 19.2 Å². The van der Waals surface area contributed by atoms with E-state index in [4.69, 9.17) is 0 Å². The van der Waals surface area contributed by atoms with E-state index in [1.54, 1.807) is 12.2 Å². The quantitative estimate of drug-likeness (QED) is 0.405. The molecular weight excluding hydrogens is 659 g/mol. The van der Waals surface area contributed by atoms with Gasteiger partial charge in [-0.05, 0) is 43.4 Å². The number of nitrogens with one attached hydrogen (secondary N) is 3. The molecule has 1 radical (unpaired) electrons. The molecule has 0 bridgehead atoms. The van der Waals surface area contributed by atoms with Crippen molar-refractivity contribution >= 4 is 23.6 Å². The number of hydrogen-bond acceptors (Lipinski definition) is 4. The molecule has 2 aromatic carbocycles. The van der Waals surface area contributed by atoms with Gasteiger partial charge in [-0.25, -0.2) is 0 Å². The maximum atomic E-state index is 11.4. The van der Waals surface area contributed by atoms with E-state index in [-0.39, 0.29) is 80.8 Å². The van der Waals surface area contributed by atoms with E-state index < -0.39 is 0 Å². The van der Waals surface area contributed by atoms with Crippen LogP contribution in [0.4, 0.5) is 0 Å². The molecule has 0 spiro atoms. The number of carbonyl (C=O) groups excluding carboxylic acids is 4. The van der Waals surface area contributed by atoms with Gasteiger partial charge in [-0.3, -0.25) is 14.4 Å². The standard InChI is InChI=1S/2C13H14N2O2.Ac/c2*16-12-9-14-13(17)11(15-12)8-4-7-10-5-2-1-3-6-10;/h1-3,5-6,8H,4,7,9H2,(H,14,17)(H,15,16);1-3,5-6,8H,4,7,9H2,(H2,14,15,16,17);/p-1/b2*11-8+;. The van der Waals surface area contributed by atoms with Crippen LogP contribution >= 0.6 is 0 Å². The van der Waals surface area contributed by atoms with Gasteiger partial charge in [0.1, 0.15) is 5.70 Å². The normalized spacial score (nSPS) is 17.3. The van der Waals surface area contributed by atoms with E-state index in [0.717, 1.165) is 19.3 Å². The summed E-state index contributed by atoms with van der Waals surface area (Å²) < 4.78 is 0. The average molecular weight is 687 g/mol. The van der Waals surface area contributed by atoms with Crippen molar-refractivity contribution in [3.8, 4) is 0 Å². The zero-order chi connectivity index (χ0) is 24.2. The molecule has 3 N–H and O–H groups in total. The monoisotopic (exact) mass is 686 g/mol. The molecule has 179 valence electrons. The van der Waals surface area contributed by atoms with Gasteiger partial charge in [-0.15, -0.1) is 0 Å². The first kappa shape index (κ1) is 28.5. The topological polar surface area (TPSA) is 118 Å². The predicted octanol–water partition coefficient (Wildman–Crippen LogP) is 2.28. The number of rotatable bonds is 6. The first-order valence-corrected chi connectivity index (χ1v) is 11.1. The average Bonchev–Trinajstić information content (AvgIpc) is 2.85. The minimum Gasteiger partial charge on any atom is -0.640 e. The minimum atomic E-state index is -0.335. The largest absolute Gasteiger partial charge is 0.640 e. The van der Waals surface area contributed by atoms with E-state index in [1.807, 2.05) is 60.7 Å². The fraction of sp³-hybridized carbons (Fsp3) is 0.231. The molecule has 2 aliphatic heterocycles. The number of hydrogen-bond donors (Lipinski definition) is 3. The van der Waals surface area contributed by atoms with Crippen molar-refractivity contribution in [3.63, 3.8) is 0 Å². The molecule has 2 fully saturated rings. The smallest absolute Gasteiger partial charge is 0.267 e. The van der Waals surface area contributed by atoms with Gasteiger partial charge in [-0.1, -0.05) is 72.8 Å². The van der Waals surface area contributed by atoms with Gasteiger partial charge < -0.3 is 26.1 Å². The number of aryl methyl sites for hydroxylation is 2. The van der Waals surface area contributed by atoms with Crippen molar-refractivity contribution in [1.82, 2.24) is 16.0 Å². The predicted molar refractivity (Wildman–Crippen MR) is 128 cm³/mol. The molecule has 2 aromatic rings. The van der Waals surface area contributed by atoms with Gasteiger partial charge in [0, 0.05) is 44.1 Å². The molecule has 2 saturated heterocycles. The molecule has 0 saturated carbocycles. The number of carbonyl (C=O) groups is 4. The van der Waals surface area contributed by atoms with Crippen molar-refractivity contribution < 1.29 is 63.2 Å². The van der Waals surface area contributed by atoms with Crippen LogP contribution in [0.15, 0.2) is 84.2 Å². The third-order valence-corrected chi connectivity index (χ3v) is 5.05. The summed E-state index contributed by atoms with van der Waals surface area (Å²) in [6, 6.07) is 20.0. The van der Waals surface area contributed by atoms with Crippen LogP contribution in [0.3, 0.4) is 0 Å². The van der Waals surface area contributed by atoms with Crippen LogP contribution in [-0.4, -0.2) is 36.7 Å². The summed E-state index contributed by atoms with van der Waals surface area (Å²) >= 11 is 0. The van der Waals surface area contributed by atoms with E-state index in [0.29, 0.717) is 17.8 Å². The molecule has 2 heterocycles. The molecular formula is C26H27AcN4O4-. The zero-order valence-electron chi connectivity index (χ0n) is 19.3. The third-order valence-electron chi connectivity index (χ3n) is 5.05. The summed E-state index contributed by atoms with van der Waals surface area (Å²) in [7, 11) is 0. The second-order valence-electron chi connectivity index (χ2n) is 7.68. The maximum Gasteiger partial charge on any atom is 0.267 e. The van der Waals surface area contributed by atoms with E-state index in [2.05, 4.69) is 21.3 Å². The fourth-order valence-electron chi connectivity index (χ4n) is 3.32. The molecule has 0 atom stereocenters. The Morgan fingerprint density at radius 2 is 1.23 bits per heavy atom. The summed E-state index contributed by atoms with van der Waals surface area (Å²) in [5, 5.41) is 11.2. The summed E-state index contributed by atoms with van der Waals surface area (Å²) in [6.45, 7) is 0.00369. The minimum absolute atomic E-state index is 0. The van der Waals surface area contributed by atoms with E-state index >= 15 is 0 Å². The molecule has 35 heavy (non-hydrogen) atoms. The van der Waals surface area contributed by atoms with Crippen molar-refractivity contribution in [1.29, 1.82) is 0 Å². The molecule has 9 heteroatoms. The molecule has 0 aliphatic carbocycles. The Morgan fingerprint density at radius 3 is 1.80 bits per heavy atom. The second kappa shape index (κ2) is 15.3. The third kappa shape index (κ3) is 10.2. The van der Waals surface area contributed by atoms with Crippen LogP contribution in [0.1, 0.15) is 24.0 Å². The number of allylic oxidation sites excluding steroid dienone is 2. The first-order chi connectivity index (χ1) is 16.5. The summed E-state index contributed by atoms with van der Waals surface area (Å²) in [5.74, 6) is -0.943. The Bertz CT molecular complexity index is 998. The first-order valence-electron chi connectivity index (χ1n) is 11.1. The molecule has 8 nitrogen and oxygen atoms in total. The Morgan fingerprint density at radius 1 is 0.714 bits per heavy atom. The maximum absolute atomic E-state index is 11.4. The van der Waals surface area contributed by atoms with Gasteiger partial charge in [-0.2, -0.15) is 0 Å². The van der Waals surface area contributed by atoms with Gasteiger partial charge in [0.05, 0.1) is 18.1 Å². The summed E-state index contributed by atoms with van der Waals surface area (Å²) in [5.41, 5.74) is 3.08. The van der Waals surface area contributed by atoms with Crippen LogP contribution in [0.2, 0.25) is 0 Å². The Kier molecular flexibility index (Phi) is 12.4. The van der Waals surface area contributed by atoms with Crippen molar-refractivity contribution in [2.45, 2.75) is 25.7 Å². The molecule has 4 rings (SSSR count). The SMILES string of the molecule is O=C1CNC(=O)/C(=C\CCc2ccccc2)N1.O=C1C[N-]C(=O)/C(=C\CCc2ccccc2)N1.[Ac]. The van der Waals surface area contributed by atoms with Crippen LogP contribution in [-0.2, 0) is 32.0 Å². The van der Waals surface area contributed by atoms with Crippen molar-refractivity contribution in [2.24, 2.45) is 0 Å². The summed E-state index contributed by atoms with van der Waals surface area (Å²) in [4.78, 5) is 44.9. The van der Waals surface area contributed by atoms with Gasteiger partial charge in [0.2, 0.25) is 11.8 Å². The van der Waals surface area contributed by atoms with Crippen LogP contribution in [0.5, 0.6) is 0 Å². The Hall–Kier alpha value is -2.76. The molecule has 0 unspecified atom stereocenters. The number of benzene rings is 2. The van der Waals surface area contributed by atoms with Gasteiger partial charge in [0.25, 0.3) is 5.91 Å². The Labute approximate surface area is 240 Å². The molecule has 4 amide bonds. The zero-order valence-corrected chi connectivity index (χ0v) is 24.1. The van der Waals surface area contributed by atoms with Crippen molar-refractivity contribution in [2.75, 3.05) is 13.1 Å². The fourth-order valence-corrected chi connectivity index (χ4v) is 3.32. The van der Waals surface area contributed by atoms with Gasteiger partial charge in [0.15, 0.2) is 0 Å². The van der Waals surface area contributed by atoms with E-state index in [1.165, 1.54) is 11.1 Å². The van der Waals surface area contributed by atoms with Crippen LogP contribution in [0, 0.1) is 44.1 Å². The van der Waals surface area contributed by atoms with Crippen LogP contribution < -0.4 is 16.0 Å². The number of nitrogens with zero attached hydrogens (tertiary/aromatic N) is 1. The van der Waals surface area contributed by atoms with Gasteiger partial charge >= 0.3 is 0 Å². The van der Waals surface area contributed by atoms with Crippen LogP contribution in [0.25, 0.3) is 5.32 Å². The Balaban J connectivity index is 0.000000240.